The van der Waals surface area contributed by atoms with Gasteiger partial charge in [-0.05, 0) is 68.2 Å². The quantitative estimate of drug-likeness (QED) is 0.407. The Hall–Kier alpha value is -2.18. The van der Waals surface area contributed by atoms with E-state index >= 15 is 0 Å². The van der Waals surface area contributed by atoms with Gasteiger partial charge in [0.25, 0.3) is 0 Å². The van der Waals surface area contributed by atoms with Crippen molar-refractivity contribution in [1.29, 1.82) is 5.26 Å². The van der Waals surface area contributed by atoms with E-state index in [1.165, 1.54) is 37.3 Å². The molecule has 2 aromatic carbocycles. The summed E-state index contributed by atoms with van der Waals surface area (Å²) in [4.78, 5) is 2.67. The molecule has 1 aliphatic carbocycles. The zero-order valence-corrected chi connectivity index (χ0v) is 18.9. The van der Waals surface area contributed by atoms with Crippen LogP contribution in [0.1, 0.15) is 69.6 Å². The van der Waals surface area contributed by atoms with Gasteiger partial charge in [0, 0.05) is 19.5 Å². The minimum atomic E-state index is -1.01. The van der Waals surface area contributed by atoms with Gasteiger partial charge in [0.2, 0.25) is 0 Å². The van der Waals surface area contributed by atoms with Crippen molar-refractivity contribution < 1.29 is 4.39 Å². The molecule has 1 saturated carbocycles. The Labute approximate surface area is 182 Å². The molecule has 0 aromatic heterocycles. The Morgan fingerprint density at radius 3 is 2.10 bits per heavy atom. The first-order valence-electron chi connectivity index (χ1n) is 11.4. The lowest BCUT2D eigenvalue weighted by atomic mass is 9.99. The van der Waals surface area contributed by atoms with Gasteiger partial charge in [0.15, 0.2) is 0 Å². The van der Waals surface area contributed by atoms with Crippen molar-refractivity contribution in [3.63, 3.8) is 0 Å². The van der Waals surface area contributed by atoms with E-state index in [0.29, 0.717) is 18.9 Å². The molecule has 0 aliphatic heterocycles. The van der Waals surface area contributed by atoms with Crippen LogP contribution >= 0.6 is 0 Å². The molecular formula is C27H37FN2. The number of halogens is 1. The van der Waals surface area contributed by atoms with Crippen LogP contribution in [0.3, 0.4) is 0 Å². The van der Waals surface area contributed by atoms with Crippen molar-refractivity contribution >= 4 is 0 Å². The molecule has 0 N–H and O–H groups in total. The molecule has 1 unspecified atom stereocenters. The monoisotopic (exact) mass is 408 g/mol. The van der Waals surface area contributed by atoms with Crippen LogP contribution in [0.5, 0.6) is 0 Å². The number of rotatable bonds is 11. The summed E-state index contributed by atoms with van der Waals surface area (Å²) in [6, 6.07) is 21.4. The highest BCUT2D eigenvalue weighted by molar-refractivity contribution is 5.31. The first-order chi connectivity index (χ1) is 14.6. The molecule has 30 heavy (non-hydrogen) atoms. The largest absolute Gasteiger partial charge is 0.300 e. The molecule has 0 spiro atoms. The normalized spacial score (nSPS) is 15.1. The summed E-state index contributed by atoms with van der Waals surface area (Å²) in [6.45, 7) is 8.29. The molecule has 0 heterocycles. The van der Waals surface area contributed by atoms with E-state index in [0.717, 1.165) is 31.5 Å². The van der Waals surface area contributed by atoms with Crippen LogP contribution in [0.15, 0.2) is 54.6 Å². The molecule has 1 aliphatic rings. The Morgan fingerprint density at radius 1 is 0.967 bits per heavy atom. The highest BCUT2D eigenvalue weighted by atomic mass is 19.1. The van der Waals surface area contributed by atoms with Crippen LogP contribution in [-0.2, 0) is 18.5 Å². The number of nitrogens with zero attached hydrogens (tertiary/aromatic N) is 2. The Bertz CT molecular complexity index is 760. The molecule has 1 fully saturated rings. The first-order valence-corrected chi connectivity index (χ1v) is 11.4. The summed E-state index contributed by atoms with van der Waals surface area (Å²) in [5.74, 6) is 0. The summed E-state index contributed by atoms with van der Waals surface area (Å²) < 4.78 is 14.1. The molecule has 162 valence electrons. The Balaban J connectivity index is 0.00000101. The number of benzene rings is 2. The fourth-order valence-corrected chi connectivity index (χ4v) is 4.03. The van der Waals surface area contributed by atoms with Crippen LogP contribution < -0.4 is 0 Å². The maximum absolute atomic E-state index is 14.1. The van der Waals surface area contributed by atoms with Crippen molar-refractivity contribution in [2.75, 3.05) is 13.1 Å². The zero-order valence-electron chi connectivity index (χ0n) is 18.9. The first kappa shape index (κ1) is 24.1. The van der Waals surface area contributed by atoms with E-state index in [4.69, 9.17) is 5.26 Å². The average Bonchev–Trinajstić information content (AvgIpc) is 3.52. The lowest BCUT2D eigenvalue weighted by Gasteiger charge is -2.31. The Morgan fingerprint density at radius 2 is 1.57 bits per heavy atom. The lowest BCUT2D eigenvalue weighted by molar-refractivity contribution is 0.183. The van der Waals surface area contributed by atoms with Gasteiger partial charge in [0.1, 0.15) is 5.67 Å². The number of alkyl halides is 1. The number of hydrogen-bond donors (Lipinski definition) is 0. The highest BCUT2D eigenvalue weighted by Crippen LogP contribution is 2.49. The van der Waals surface area contributed by atoms with E-state index in [9.17, 15) is 4.39 Å². The van der Waals surface area contributed by atoms with E-state index < -0.39 is 5.67 Å². The van der Waals surface area contributed by atoms with Crippen molar-refractivity contribution in [3.05, 3.63) is 71.3 Å². The third kappa shape index (κ3) is 7.58. The second kappa shape index (κ2) is 12.5. The molecule has 3 heteroatoms. The average molecular weight is 409 g/mol. The summed E-state index contributed by atoms with van der Waals surface area (Å²) in [5, 5.41) is 7.32. The summed E-state index contributed by atoms with van der Waals surface area (Å²) in [7, 11) is 0. The van der Waals surface area contributed by atoms with Gasteiger partial charge < -0.3 is 4.90 Å². The maximum atomic E-state index is 14.1. The number of nitriles is 1. The Kier molecular flexibility index (Phi) is 10.0. The van der Waals surface area contributed by atoms with Gasteiger partial charge >= 0.3 is 0 Å². The second-order valence-corrected chi connectivity index (χ2v) is 8.26. The smallest absolute Gasteiger partial charge is 0.136 e. The van der Waals surface area contributed by atoms with Crippen molar-refractivity contribution in [2.24, 2.45) is 0 Å². The van der Waals surface area contributed by atoms with Crippen molar-refractivity contribution in [3.8, 4) is 6.07 Å². The minimum Gasteiger partial charge on any atom is -0.300 e. The predicted octanol–water partition coefficient (Wildman–Crippen LogP) is 6.84. The van der Waals surface area contributed by atoms with Gasteiger partial charge in [-0.1, -0.05) is 68.4 Å². The van der Waals surface area contributed by atoms with Crippen LogP contribution in [0.25, 0.3) is 0 Å². The van der Waals surface area contributed by atoms with Crippen LogP contribution in [0, 0.1) is 11.3 Å². The predicted molar refractivity (Wildman–Crippen MR) is 124 cm³/mol. The molecule has 2 aromatic rings. The van der Waals surface area contributed by atoms with Crippen molar-refractivity contribution in [1.82, 2.24) is 4.90 Å². The topological polar surface area (TPSA) is 27.0 Å². The van der Waals surface area contributed by atoms with Gasteiger partial charge in [-0.25, -0.2) is 4.39 Å². The van der Waals surface area contributed by atoms with Gasteiger partial charge in [-0.3, -0.25) is 0 Å². The van der Waals surface area contributed by atoms with E-state index in [1.807, 2.05) is 12.1 Å². The lowest BCUT2D eigenvalue weighted by Crippen LogP contribution is -2.37. The summed E-state index contributed by atoms with van der Waals surface area (Å²) >= 11 is 0. The summed E-state index contributed by atoms with van der Waals surface area (Å²) in [6.07, 6.45) is 7.12. The van der Waals surface area contributed by atoms with Gasteiger partial charge in [0.05, 0.1) is 6.07 Å². The van der Waals surface area contributed by atoms with Gasteiger partial charge in [-0.2, -0.15) is 5.26 Å². The van der Waals surface area contributed by atoms with Gasteiger partial charge in [-0.15, -0.1) is 0 Å². The highest BCUT2D eigenvalue weighted by Gasteiger charge is 2.44. The standard InChI is InChI=1S/C25H34FN.C2H3N/c1-3-19-27(20-16-21-8-6-5-7-9-21)24(4-2)15-12-22-10-13-23(14-11-22)25(26)17-18-25;1-2-3/h5-11,13-14,24H,3-4,12,15-20H2,1-2H3;1H3. The molecule has 1 atom stereocenters. The van der Waals surface area contributed by atoms with Crippen LogP contribution in [0.2, 0.25) is 0 Å². The third-order valence-corrected chi connectivity index (χ3v) is 5.96. The minimum absolute atomic E-state index is 0.615. The number of hydrogen-bond acceptors (Lipinski definition) is 2. The van der Waals surface area contributed by atoms with Crippen LogP contribution in [-0.4, -0.2) is 24.0 Å². The molecule has 3 rings (SSSR count). The van der Waals surface area contributed by atoms with E-state index in [1.54, 1.807) is 6.07 Å². The molecule has 0 bridgehead atoms. The molecule has 0 saturated heterocycles. The fraction of sp³-hybridized carbons (Fsp3) is 0.519. The molecular weight excluding hydrogens is 371 g/mol. The zero-order chi connectivity index (χ0) is 21.8. The molecule has 0 radical (unpaired) electrons. The third-order valence-electron chi connectivity index (χ3n) is 5.96. The second-order valence-electron chi connectivity index (χ2n) is 8.26. The SMILES string of the molecule is CC#N.CCCN(CCc1ccccc1)C(CC)CCc1ccc(C2(F)CC2)cc1. The number of aryl methyl sites for hydroxylation is 1. The van der Waals surface area contributed by atoms with E-state index in [-0.39, 0.29) is 0 Å². The van der Waals surface area contributed by atoms with E-state index in [2.05, 4.69) is 61.2 Å². The molecule has 2 nitrogen and oxygen atoms in total. The molecule has 0 amide bonds. The fourth-order valence-electron chi connectivity index (χ4n) is 4.03. The maximum Gasteiger partial charge on any atom is 0.136 e. The van der Waals surface area contributed by atoms with Crippen molar-refractivity contribution in [2.45, 2.75) is 77.4 Å². The van der Waals surface area contributed by atoms with Crippen LogP contribution in [0.4, 0.5) is 4.39 Å². The summed E-state index contributed by atoms with van der Waals surface area (Å²) in [5.41, 5.74) is 2.61.